The van der Waals surface area contributed by atoms with Crippen LogP contribution in [0.1, 0.15) is 91.4 Å². The van der Waals surface area contributed by atoms with Crippen molar-refractivity contribution in [2.45, 2.75) is 115 Å². The SMILES string of the molecule is CCCCCCCCCC1OC1C/C=C\C=C\C(O)CC(=O)NC1=CC(C)(CC)OC1=O. The Hall–Kier alpha value is -1.92. The highest BCUT2D eigenvalue weighted by molar-refractivity contribution is 5.96. The molecule has 2 rings (SSSR count). The lowest BCUT2D eigenvalue weighted by atomic mass is 10.0. The maximum atomic E-state index is 12.1. The Balaban J connectivity index is 1.54. The van der Waals surface area contributed by atoms with Crippen molar-refractivity contribution >= 4 is 11.9 Å². The Morgan fingerprint density at radius 3 is 2.56 bits per heavy atom. The molecule has 0 aliphatic carbocycles. The van der Waals surface area contributed by atoms with Gasteiger partial charge in [-0.1, -0.05) is 83.1 Å². The number of amides is 1. The number of carbonyl (C=O) groups is 2. The number of cyclic esters (lactones) is 1. The molecule has 0 aromatic rings. The summed E-state index contributed by atoms with van der Waals surface area (Å²) in [5, 5.41) is 12.5. The number of epoxide rings is 1. The first kappa shape index (κ1) is 26.3. The van der Waals surface area contributed by atoms with E-state index in [1.165, 1.54) is 44.9 Å². The fourth-order valence-electron chi connectivity index (χ4n) is 3.81. The predicted molar refractivity (Wildman–Crippen MR) is 126 cm³/mol. The van der Waals surface area contributed by atoms with Gasteiger partial charge in [-0.2, -0.15) is 0 Å². The molecule has 0 saturated carbocycles. The second-order valence-corrected chi connectivity index (χ2v) is 9.11. The second-order valence-electron chi connectivity index (χ2n) is 9.11. The summed E-state index contributed by atoms with van der Waals surface area (Å²) < 4.78 is 11.0. The van der Waals surface area contributed by atoms with Crippen molar-refractivity contribution in [2.24, 2.45) is 0 Å². The first-order valence-corrected chi connectivity index (χ1v) is 12.3. The van der Waals surface area contributed by atoms with Gasteiger partial charge in [-0.25, -0.2) is 4.79 Å². The molecule has 0 spiro atoms. The minimum atomic E-state index is -0.919. The van der Waals surface area contributed by atoms with Crippen LogP contribution in [0.3, 0.4) is 0 Å². The number of esters is 1. The summed E-state index contributed by atoms with van der Waals surface area (Å²) in [4.78, 5) is 23.9. The summed E-state index contributed by atoms with van der Waals surface area (Å²) in [6.07, 6.45) is 20.4. The summed E-state index contributed by atoms with van der Waals surface area (Å²) >= 11 is 0. The highest BCUT2D eigenvalue weighted by atomic mass is 16.6. The van der Waals surface area contributed by atoms with E-state index in [9.17, 15) is 14.7 Å². The molecule has 1 amide bonds. The smallest absolute Gasteiger partial charge is 0.355 e. The number of allylic oxidation sites excluding steroid dienone is 2. The Kier molecular flexibility index (Phi) is 11.2. The van der Waals surface area contributed by atoms with Crippen LogP contribution in [-0.2, 0) is 19.1 Å². The molecule has 2 aliphatic heterocycles. The zero-order chi connectivity index (χ0) is 23.4. The number of carbonyl (C=O) groups excluding carboxylic acids is 2. The zero-order valence-corrected chi connectivity index (χ0v) is 20.0. The molecule has 32 heavy (non-hydrogen) atoms. The van der Waals surface area contributed by atoms with Gasteiger partial charge >= 0.3 is 5.97 Å². The Morgan fingerprint density at radius 1 is 1.16 bits per heavy atom. The van der Waals surface area contributed by atoms with Gasteiger partial charge in [-0.15, -0.1) is 0 Å². The second kappa shape index (κ2) is 13.6. The van der Waals surface area contributed by atoms with Gasteiger partial charge in [-0.05, 0) is 32.3 Å². The third-order valence-electron chi connectivity index (χ3n) is 6.09. The number of ether oxygens (including phenoxy) is 2. The molecule has 2 heterocycles. The van der Waals surface area contributed by atoms with Crippen molar-refractivity contribution in [3.8, 4) is 0 Å². The van der Waals surface area contributed by atoms with Gasteiger partial charge in [0.15, 0.2) is 0 Å². The summed E-state index contributed by atoms with van der Waals surface area (Å²) in [6.45, 7) is 5.94. The number of aliphatic hydroxyl groups excluding tert-OH is 1. The fourth-order valence-corrected chi connectivity index (χ4v) is 3.81. The summed E-state index contributed by atoms with van der Waals surface area (Å²) in [5.41, 5.74) is -0.535. The minimum absolute atomic E-state index is 0.121. The van der Waals surface area contributed by atoms with Gasteiger partial charge in [0, 0.05) is 0 Å². The van der Waals surface area contributed by atoms with Gasteiger partial charge in [0.25, 0.3) is 0 Å². The maximum absolute atomic E-state index is 12.1. The molecule has 2 aliphatic rings. The molecule has 0 radical (unpaired) electrons. The first-order chi connectivity index (χ1) is 15.4. The number of rotatable bonds is 16. The van der Waals surface area contributed by atoms with Crippen LogP contribution in [0.25, 0.3) is 0 Å². The van der Waals surface area contributed by atoms with E-state index in [2.05, 4.69) is 12.2 Å². The molecule has 2 N–H and O–H groups in total. The van der Waals surface area contributed by atoms with Gasteiger partial charge in [0.1, 0.15) is 11.3 Å². The van der Waals surface area contributed by atoms with Gasteiger partial charge in [0.2, 0.25) is 5.91 Å². The molecule has 0 bridgehead atoms. The average Bonchev–Trinajstić information content (AvgIpc) is 3.43. The number of hydrogen-bond acceptors (Lipinski definition) is 5. The first-order valence-electron chi connectivity index (χ1n) is 12.3. The van der Waals surface area contributed by atoms with Crippen LogP contribution >= 0.6 is 0 Å². The molecule has 4 atom stereocenters. The number of hydrogen-bond donors (Lipinski definition) is 2. The van der Waals surface area contributed by atoms with Crippen molar-refractivity contribution in [3.05, 3.63) is 36.1 Å². The monoisotopic (exact) mass is 447 g/mol. The van der Waals surface area contributed by atoms with E-state index in [0.29, 0.717) is 18.6 Å². The Labute approximate surface area is 193 Å². The van der Waals surface area contributed by atoms with Crippen LogP contribution in [0.5, 0.6) is 0 Å². The predicted octanol–water partition coefficient (Wildman–Crippen LogP) is 4.87. The molecule has 0 aromatic carbocycles. The van der Waals surface area contributed by atoms with Gasteiger partial charge < -0.3 is 19.9 Å². The van der Waals surface area contributed by atoms with Crippen molar-refractivity contribution in [2.75, 3.05) is 0 Å². The summed E-state index contributed by atoms with van der Waals surface area (Å²) in [5.74, 6) is -0.961. The van der Waals surface area contributed by atoms with Crippen LogP contribution < -0.4 is 5.32 Å². The third kappa shape index (κ3) is 9.70. The van der Waals surface area contributed by atoms with Crippen LogP contribution in [0, 0.1) is 0 Å². The van der Waals surface area contributed by atoms with E-state index in [-0.39, 0.29) is 12.1 Å². The minimum Gasteiger partial charge on any atom is -0.450 e. The molecule has 180 valence electrons. The number of unbranched alkanes of at least 4 members (excludes halogenated alkanes) is 6. The van der Waals surface area contributed by atoms with Crippen LogP contribution in [0.2, 0.25) is 0 Å². The highest BCUT2D eigenvalue weighted by Gasteiger charge is 2.36. The lowest BCUT2D eigenvalue weighted by molar-refractivity contribution is -0.146. The van der Waals surface area contributed by atoms with E-state index in [1.807, 2.05) is 19.1 Å². The highest BCUT2D eigenvalue weighted by Crippen LogP contribution is 2.30. The van der Waals surface area contributed by atoms with Crippen molar-refractivity contribution in [1.82, 2.24) is 5.32 Å². The molecule has 1 saturated heterocycles. The maximum Gasteiger partial charge on any atom is 0.355 e. The van der Waals surface area contributed by atoms with E-state index in [1.54, 1.807) is 25.2 Å². The largest absolute Gasteiger partial charge is 0.450 e. The lowest BCUT2D eigenvalue weighted by Crippen LogP contribution is -2.28. The lowest BCUT2D eigenvalue weighted by Gasteiger charge is -2.17. The van der Waals surface area contributed by atoms with E-state index < -0.39 is 23.6 Å². The molecule has 6 heteroatoms. The van der Waals surface area contributed by atoms with E-state index >= 15 is 0 Å². The van der Waals surface area contributed by atoms with Crippen molar-refractivity contribution in [1.29, 1.82) is 0 Å². The Bertz CT molecular complexity index is 698. The van der Waals surface area contributed by atoms with Crippen LogP contribution in [0.4, 0.5) is 0 Å². The molecule has 4 unspecified atom stereocenters. The summed E-state index contributed by atoms with van der Waals surface area (Å²) in [6, 6.07) is 0. The molecule has 6 nitrogen and oxygen atoms in total. The zero-order valence-electron chi connectivity index (χ0n) is 20.0. The van der Waals surface area contributed by atoms with E-state index in [4.69, 9.17) is 9.47 Å². The molecular weight excluding hydrogens is 406 g/mol. The summed E-state index contributed by atoms with van der Waals surface area (Å²) in [7, 11) is 0. The molecule has 1 fully saturated rings. The van der Waals surface area contributed by atoms with Crippen LogP contribution in [0.15, 0.2) is 36.1 Å². The van der Waals surface area contributed by atoms with Crippen molar-refractivity contribution < 1.29 is 24.2 Å². The average molecular weight is 448 g/mol. The fraction of sp³-hybridized carbons (Fsp3) is 0.692. The number of aliphatic hydroxyl groups is 1. The van der Waals surface area contributed by atoms with Crippen LogP contribution in [-0.4, -0.2) is 40.9 Å². The van der Waals surface area contributed by atoms with Crippen molar-refractivity contribution in [3.63, 3.8) is 0 Å². The standard InChI is InChI=1S/C26H41NO5/c1-4-6-7-8-9-10-13-16-22-23(31-22)17-14-11-12-15-20(28)18-24(29)27-21-19-26(3,5-2)32-25(21)30/h11-12,14-15,19-20,22-23,28H,4-10,13,16-18H2,1-3H3,(H,27,29)/b14-11-,15-12+. The van der Waals surface area contributed by atoms with Gasteiger partial charge in [-0.3, -0.25) is 4.79 Å². The quantitative estimate of drug-likeness (QED) is 0.152. The third-order valence-corrected chi connectivity index (χ3v) is 6.09. The normalized spacial score (nSPS) is 25.9. The Morgan fingerprint density at radius 2 is 1.88 bits per heavy atom. The molecule has 0 aromatic heterocycles. The topological polar surface area (TPSA) is 88.2 Å². The molecular formula is C26H41NO5. The number of nitrogens with one attached hydrogen (secondary N) is 1. The van der Waals surface area contributed by atoms with E-state index in [0.717, 1.165) is 12.8 Å². The van der Waals surface area contributed by atoms with Gasteiger partial charge in [0.05, 0.1) is 24.7 Å².